The quantitative estimate of drug-likeness (QED) is 0.215. The van der Waals surface area contributed by atoms with Crippen molar-refractivity contribution in [1.82, 2.24) is 20.4 Å². The van der Waals surface area contributed by atoms with Crippen LogP contribution in [0.25, 0.3) is 0 Å². The van der Waals surface area contributed by atoms with E-state index in [1.807, 2.05) is 33.2 Å². The van der Waals surface area contributed by atoms with E-state index in [4.69, 9.17) is 9.47 Å². The van der Waals surface area contributed by atoms with Crippen LogP contribution in [0.4, 0.5) is 9.59 Å². The molecule has 0 aromatic heterocycles. The number of unbranched alkanes of at least 4 members (excludes halogenated alkanes) is 2. The fourth-order valence-corrected chi connectivity index (χ4v) is 5.47. The number of rotatable bonds is 12. The smallest absolute Gasteiger partial charge is 0.410 e. The monoisotopic (exact) mass is 538 g/mol. The highest BCUT2D eigenvalue weighted by Crippen LogP contribution is 2.47. The number of hydrogen-bond acceptors (Lipinski definition) is 6. The number of hydrogen-bond donors (Lipinski definition) is 2. The minimum atomic E-state index is -0.488. The summed E-state index contributed by atoms with van der Waals surface area (Å²) in [6.07, 6.45) is 7.20. The molecule has 214 valence electrons. The van der Waals surface area contributed by atoms with E-state index >= 15 is 0 Å². The number of nitrogens with one attached hydrogen (secondary N) is 2. The summed E-state index contributed by atoms with van der Waals surface area (Å²) in [6.45, 7) is 13.6. The maximum atomic E-state index is 13.0. The lowest BCUT2D eigenvalue weighted by Gasteiger charge is -2.32. The van der Waals surface area contributed by atoms with Crippen molar-refractivity contribution >= 4 is 12.2 Å². The minimum absolute atomic E-state index is 0.115. The van der Waals surface area contributed by atoms with Crippen molar-refractivity contribution in [2.75, 3.05) is 40.3 Å². The van der Waals surface area contributed by atoms with Gasteiger partial charge in [-0.25, -0.2) is 9.59 Å². The van der Waals surface area contributed by atoms with Gasteiger partial charge in [0.25, 0.3) is 0 Å². The number of likely N-dealkylation sites (N-methyl/N-ethyl adjacent to an activating group) is 2. The standard InChI is InChI=1S/C31H46N4O4/c1-7-8-9-10-22-14-27(38-30(36)32-16-23-18-34(23)5)29(26-13-21(4)11-12-25(26)20(2)3)28(15-22)39-31(37)33-17-24-19-35(24)6/h13-15,23-26H,2,7-12,16-19H2,1,3-6H3,(H,32,36)(H,33,37)/t23?,24?,25-,26+,34?,35?/m0/s1. The first-order valence-corrected chi connectivity index (χ1v) is 14.5. The van der Waals surface area contributed by atoms with Crippen LogP contribution >= 0.6 is 0 Å². The zero-order valence-corrected chi connectivity index (χ0v) is 24.3. The summed E-state index contributed by atoms with van der Waals surface area (Å²) in [4.78, 5) is 30.3. The van der Waals surface area contributed by atoms with Gasteiger partial charge >= 0.3 is 12.2 Å². The Hall–Kier alpha value is -2.84. The molecule has 2 N–H and O–H groups in total. The SMILES string of the molecule is C=C(C)[C@@H]1CCC(C)=C[C@H]1c1c(OC(=O)NCC2CN2C)cc(CCCCC)cc1OC(=O)NCC1CN1C. The van der Waals surface area contributed by atoms with Crippen LogP contribution in [0.2, 0.25) is 0 Å². The summed E-state index contributed by atoms with van der Waals surface area (Å²) in [5.41, 5.74) is 4.06. The van der Waals surface area contributed by atoms with E-state index < -0.39 is 12.2 Å². The van der Waals surface area contributed by atoms with Gasteiger partial charge in [0.2, 0.25) is 0 Å². The molecule has 2 fully saturated rings. The maximum Gasteiger partial charge on any atom is 0.412 e. The summed E-state index contributed by atoms with van der Waals surface area (Å²) in [5, 5.41) is 5.82. The average molecular weight is 539 g/mol. The van der Waals surface area contributed by atoms with Crippen LogP contribution in [0.5, 0.6) is 11.5 Å². The molecular formula is C31H46N4O4. The van der Waals surface area contributed by atoms with Crippen molar-refractivity contribution < 1.29 is 19.1 Å². The van der Waals surface area contributed by atoms with Crippen LogP contribution in [0.15, 0.2) is 35.9 Å². The van der Waals surface area contributed by atoms with Gasteiger partial charge in [0.05, 0.1) is 0 Å². The molecule has 1 aromatic carbocycles. The Morgan fingerprint density at radius 2 is 1.54 bits per heavy atom. The normalized spacial score (nSPS) is 27.3. The molecule has 8 heteroatoms. The first kappa shape index (κ1) is 29.2. The zero-order chi connectivity index (χ0) is 28.1. The molecule has 0 radical (unpaired) electrons. The van der Waals surface area contributed by atoms with Gasteiger partial charge in [-0.1, -0.05) is 43.6 Å². The van der Waals surface area contributed by atoms with Gasteiger partial charge in [0.15, 0.2) is 0 Å². The molecule has 4 rings (SSSR count). The van der Waals surface area contributed by atoms with E-state index in [1.165, 1.54) is 5.57 Å². The number of nitrogens with zero attached hydrogens (tertiary/aromatic N) is 2. The number of carbonyl (C=O) groups excluding carboxylic acids is 2. The Morgan fingerprint density at radius 3 is 2.00 bits per heavy atom. The van der Waals surface area contributed by atoms with Gasteiger partial charge < -0.3 is 20.1 Å². The molecule has 39 heavy (non-hydrogen) atoms. The van der Waals surface area contributed by atoms with Crippen LogP contribution in [0.1, 0.15) is 69.9 Å². The molecule has 1 aromatic rings. The van der Waals surface area contributed by atoms with Gasteiger partial charge in [-0.15, -0.1) is 0 Å². The number of benzene rings is 1. The number of amides is 2. The van der Waals surface area contributed by atoms with Crippen LogP contribution in [-0.2, 0) is 6.42 Å². The second kappa shape index (κ2) is 13.0. The van der Waals surface area contributed by atoms with Crippen LogP contribution in [-0.4, -0.2) is 74.3 Å². The maximum absolute atomic E-state index is 13.0. The lowest BCUT2D eigenvalue weighted by Crippen LogP contribution is -2.33. The van der Waals surface area contributed by atoms with E-state index in [-0.39, 0.29) is 11.8 Å². The lowest BCUT2D eigenvalue weighted by molar-refractivity contribution is 0.197. The number of allylic oxidation sites excluding steroid dienone is 3. The van der Waals surface area contributed by atoms with Crippen LogP contribution < -0.4 is 20.1 Å². The van der Waals surface area contributed by atoms with E-state index in [2.05, 4.69) is 46.9 Å². The van der Waals surface area contributed by atoms with E-state index in [9.17, 15) is 9.59 Å². The van der Waals surface area contributed by atoms with Crippen molar-refractivity contribution in [2.45, 2.75) is 77.3 Å². The van der Waals surface area contributed by atoms with E-state index in [0.29, 0.717) is 36.7 Å². The molecular weight excluding hydrogens is 492 g/mol. The molecule has 1 aliphatic carbocycles. The first-order chi connectivity index (χ1) is 18.7. The molecule has 2 aliphatic heterocycles. The van der Waals surface area contributed by atoms with Crippen LogP contribution in [0.3, 0.4) is 0 Å². The largest absolute Gasteiger partial charge is 0.412 e. The van der Waals surface area contributed by atoms with Crippen molar-refractivity contribution in [3.05, 3.63) is 47.1 Å². The second-order valence-corrected chi connectivity index (χ2v) is 11.7. The van der Waals surface area contributed by atoms with Crippen molar-refractivity contribution in [3.63, 3.8) is 0 Å². The lowest BCUT2D eigenvalue weighted by atomic mass is 9.73. The van der Waals surface area contributed by atoms with Gasteiger partial charge in [0, 0.05) is 49.7 Å². The Morgan fingerprint density at radius 1 is 1.00 bits per heavy atom. The third-order valence-electron chi connectivity index (χ3n) is 8.29. The van der Waals surface area contributed by atoms with Gasteiger partial charge in [0.1, 0.15) is 11.5 Å². The van der Waals surface area contributed by atoms with Gasteiger partial charge in [-0.05, 0) is 77.2 Å². The molecule has 2 saturated heterocycles. The molecule has 8 nitrogen and oxygen atoms in total. The number of ether oxygens (including phenoxy) is 2. The highest BCUT2D eigenvalue weighted by atomic mass is 16.6. The number of aryl methyl sites for hydroxylation is 1. The van der Waals surface area contributed by atoms with Crippen molar-refractivity contribution in [3.8, 4) is 11.5 Å². The summed E-state index contributed by atoms with van der Waals surface area (Å²) < 4.78 is 12.0. The summed E-state index contributed by atoms with van der Waals surface area (Å²) in [6, 6.07) is 4.63. The molecule has 6 atom stereocenters. The Balaban J connectivity index is 1.68. The average Bonchev–Trinajstić information content (AvgIpc) is 3.78. The molecule has 2 amide bonds. The summed E-state index contributed by atoms with van der Waals surface area (Å²) in [7, 11) is 4.06. The predicted octanol–water partition coefficient (Wildman–Crippen LogP) is 5.24. The summed E-state index contributed by atoms with van der Waals surface area (Å²) in [5.74, 6) is 0.946. The first-order valence-electron chi connectivity index (χ1n) is 14.5. The number of carbonyl (C=O) groups is 2. The van der Waals surface area contributed by atoms with Crippen molar-refractivity contribution in [2.24, 2.45) is 5.92 Å². The minimum Gasteiger partial charge on any atom is -0.410 e. The molecule has 2 heterocycles. The fourth-order valence-electron chi connectivity index (χ4n) is 5.47. The van der Waals surface area contributed by atoms with Gasteiger partial charge in [-0.3, -0.25) is 9.80 Å². The molecule has 0 bridgehead atoms. The topological polar surface area (TPSA) is 82.7 Å². The van der Waals surface area contributed by atoms with Crippen LogP contribution in [0, 0.1) is 5.92 Å². The fraction of sp³-hybridized carbons (Fsp3) is 0.613. The summed E-state index contributed by atoms with van der Waals surface area (Å²) >= 11 is 0. The third-order valence-corrected chi connectivity index (χ3v) is 8.29. The molecule has 0 spiro atoms. The highest BCUT2D eigenvalue weighted by molar-refractivity contribution is 5.74. The van der Waals surface area contributed by atoms with E-state index in [0.717, 1.165) is 68.3 Å². The second-order valence-electron chi connectivity index (χ2n) is 11.7. The molecule has 0 saturated carbocycles. The zero-order valence-electron chi connectivity index (χ0n) is 24.3. The van der Waals surface area contributed by atoms with Crippen molar-refractivity contribution in [1.29, 1.82) is 0 Å². The Kier molecular flexibility index (Phi) is 9.72. The third kappa shape index (κ3) is 8.08. The molecule has 3 aliphatic rings. The molecule has 4 unspecified atom stereocenters. The predicted molar refractivity (Wildman–Crippen MR) is 155 cm³/mol. The highest BCUT2D eigenvalue weighted by Gasteiger charge is 2.34. The van der Waals surface area contributed by atoms with E-state index in [1.54, 1.807) is 0 Å². The Bertz CT molecular complexity index is 1050. The Labute approximate surface area is 233 Å². The van der Waals surface area contributed by atoms with Gasteiger partial charge in [-0.2, -0.15) is 0 Å².